The lowest BCUT2D eigenvalue weighted by Gasteiger charge is -2.62. The second-order valence-corrected chi connectivity index (χ2v) is 12.5. The van der Waals surface area contributed by atoms with E-state index in [1.165, 1.54) is 24.8 Å². The Kier molecular flexibility index (Phi) is 6.06. The number of fused-ring (bicyclic) bond motifs is 5. The molecule has 3 heteroatoms. The SMILES string of the molecule is CC(C)[C@@H](C)/C=C/[C@@H](C)[C@H]1CC[C@H]2C3=C[C@@H](O)[C@]4(O)C[C@@H](O)CC[C@@]4(C)[C@@H]3CC[C@@]12C. The largest absolute Gasteiger partial charge is 0.393 e. The third-order valence-electron chi connectivity index (χ3n) is 10.7. The normalized spacial score (nSPS) is 49.4. The lowest BCUT2D eigenvalue weighted by molar-refractivity contribution is -0.210. The first-order valence-corrected chi connectivity index (χ1v) is 12.9. The molecule has 0 spiro atoms. The Morgan fingerprint density at radius 3 is 2.32 bits per heavy atom. The van der Waals surface area contributed by atoms with E-state index in [0.29, 0.717) is 41.9 Å². The molecule has 3 nitrogen and oxygen atoms in total. The summed E-state index contributed by atoms with van der Waals surface area (Å²) in [7, 11) is 0. The van der Waals surface area contributed by atoms with Crippen LogP contribution in [0.15, 0.2) is 23.8 Å². The number of allylic oxidation sites excluding steroid dienone is 3. The summed E-state index contributed by atoms with van der Waals surface area (Å²) in [5.74, 6) is 3.37. The summed E-state index contributed by atoms with van der Waals surface area (Å²) in [4.78, 5) is 0. The predicted octanol–water partition coefficient (Wildman–Crippen LogP) is 5.50. The molecule has 0 heterocycles. The Bertz CT molecular complexity index is 741. The smallest absolute Gasteiger partial charge is 0.102 e. The van der Waals surface area contributed by atoms with Crippen LogP contribution in [0.1, 0.15) is 86.5 Å². The van der Waals surface area contributed by atoms with Gasteiger partial charge in [-0.2, -0.15) is 0 Å². The monoisotopic (exact) mass is 430 g/mol. The molecule has 176 valence electrons. The van der Waals surface area contributed by atoms with Gasteiger partial charge in [-0.3, -0.25) is 0 Å². The summed E-state index contributed by atoms with van der Waals surface area (Å²) in [6, 6.07) is 0. The van der Waals surface area contributed by atoms with Crippen LogP contribution < -0.4 is 0 Å². The Morgan fingerprint density at radius 2 is 1.65 bits per heavy atom. The van der Waals surface area contributed by atoms with Crippen molar-refractivity contribution in [2.75, 3.05) is 0 Å². The summed E-state index contributed by atoms with van der Waals surface area (Å²) in [5.41, 5.74) is 0.160. The van der Waals surface area contributed by atoms with E-state index in [0.717, 1.165) is 19.3 Å². The number of aliphatic hydroxyl groups excluding tert-OH is 2. The number of rotatable bonds is 4. The highest BCUT2D eigenvalue weighted by molar-refractivity contribution is 5.33. The molecule has 0 aromatic rings. The molecule has 4 rings (SSSR count). The van der Waals surface area contributed by atoms with Crippen LogP contribution in [-0.4, -0.2) is 33.1 Å². The van der Waals surface area contributed by atoms with Crippen LogP contribution >= 0.6 is 0 Å². The molecule has 0 aliphatic heterocycles. The van der Waals surface area contributed by atoms with Crippen LogP contribution in [0.4, 0.5) is 0 Å². The van der Waals surface area contributed by atoms with E-state index < -0.39 is 17.8 Å². The van der Waals surface area contributed by atoms with Crippen LogP contribution in [0.2, 0.25) is 0 Å². The number of hydrogen-bond acceptors (Lipinski definition) is 3. The minimum Gasteiger partial charge on any atom is -0.393 e. The second-order valence-electron chi connectivity index (χ2n) is 12.5. The molecule has 4 aliphatic carbocycles. The van der Waals surface area contributed by atoms with E-state index in [9.17, 15) is 15.3 Å². The molecule has 4 aliphatic rings. The maximum atomic E-state index is 11.6. The standard InChI is InChI=1S/C28H46O3/c1-17(2)18(3)7-8-19(4)22-9-10-23-21-15-25(30)28(31)16-20(29)11-14-27(28,6)24(21)12-13-26(22,23)5/h7-8,15,17-20,22-25,29-31H,9-14,16H2,1-6H3/b8-7+/t18-,19+,20-,22+,23-,24+,25+,26-,27-,28+/m0/s1. The van der Waals surface area contributed by atoms with E-state index in [-0.39, 0.29) is 10.8 Å². The molecule has 0 bridgehead atoms. The molecule has 0 unspecified atom stereocenters. The van der Waals surface area contributed by atoms with Gasteiger partial charge in [0.25, 0.3) is 0 Å². The van der Waals surface area contributed by atoms with Crippen molar-refractivity contribution in [1.82, 2.24) is 0 Å². The zero-order valence-corrected chi connectivity index (χ0v) is 20.6. The van der Waals surface area contributed by atoms with Gasteiger partial charge in [-0.25, -0.2) is 0 Å². The molecule has 0 aromatic carbocycles. The Balaban J connectivity index is 1.61. The van der Waals surface area contributed by atoms with E-state index in [1.807, 2.05) is 6.08 Å². The Labute approximate surface area is 190 Å². The van der Waals surface area contributed by atoms with E-state index in [1.54, 1.807) is 0 Å². The second kappa shape index (κ2) is 7.99. The van der Waals surface area contributed by atoms with Gasteiger partial charge in [0, 0.05) is 11.8 Å². The van der Waals surface area contributed by atoms with Crippen molar-refractivity contribution in [3.8, 4) is 0 Å². The highest BCUT2D eigenvalue weighted by atomic mass is 16.3. The molecule has 3 N–H and O–H groups in total. The molecule has 31 heavy (non-hydrogen) atoms. The fourth-order valence-corrected chi connectivity index (χ4v) is 8.16. The van der Waals surface area contributed by atoms with Crippen LogP contribution in [-0.2, 0) is 0 Å². The average Bonchev–Trinajstić information content (AvgIpc) is 3.05. The van der Waals surface area contributed by atoms with Gasteiger partial charge in [0.1, 0.15) is 11.7 Å². The molecule has 0 amide bonds. The third-order valence-corrected chi connectivity index (χ3v) is 10.7. The van der Waals surface area contributed by atoms with Crippen molar-refractivity contribution in [3.63, 3.8) is 0 Å². The first kappa shape index (κ1) is 23.5. The summed E-state index contributed by atoms with van der Waals surface area (Å²) >= 11 is 0. The van der Waals surface area contributed by atoms with Gasteiger partial charge in [-0.15, -0.1) is 0 Å². The Hall–Kier alpha value is -0.640. The van der Waals surface area contributed by atoms with Crippen LogP contribution in [0.25, 0.3) is 0 Å². The highest BCUT2D eigenvalue weighted by Crippen LogP contribution is 2.67. The van der Waals surface area contributed by atoms with Crippen LogP contribution in [0.3, 0.4) is 0 Å². The zero-order valence-electron chi connectivity index (χ0n) is 20.6. The lowest BCUT2D eigenvalue weighted by atomic mass is 9.45. The highest BCUT2D eigenvalue weighted by Gasteiger charge is 2.64. The van der Waals surface area contributed by atoms with E-state index in [2.05, 4.69) is 53.7 Å². The van der Waals surface area contributed by atoms with Gasteiger partial charge in [0.15, 0.2) is 0 Å². The minimum atomic E-state index is -1.20. The molecule has 0 radical (unpaired) electrons. The minimum absolute atomic E-state index is 0.271. The van der Waals surface area contributed by atoms with Gasteiger partial charge < -0.3 is 15.3 Å². The van der Waals surface area contributed by atoms with Crippen molar-refractivity contribution < 1.29 is 15.3 Å². The summed E-state index contributed by atoms with van der Waals surface area (Å²) in [5, 5.41) is 32.9. The van der Waals surface area contributed by atoms with Crippen LogP contribution in [0, 0.1) is 46.3 Å². The molecule has 3 saturated carbocycles. The fraction of sp³-hybridized carbons (Fsp3) is 0.857. The van der Waals surface area contributed by atoms with Gasteiger partial charge in [-0.05, 0) is 79.4 Å². The topological polar surface area (TPSA) is 60.7 Å². The molecule has 0 saturated heterocycles. The maximum Gasteiger partial charge on any atom is 0.102 e. The summed E-state index contributed by atoms with van der Waals surface area (Å²) in [6.07, 6.45) is 12.1. The lowest BCUT2D eigenvalue weighted by Crippen LogP contribution is -2.65. The zero-order chi connectivity index (χ0) is 22.8. The third kappa shape index (κ3) is 3.49. The average molecular weight is 431 g/mol. The first-order valence-electron chi connectivity index (χ1n) is 12.9. The number of hydrogen-bond donors (Lipinski definition) is 3. The molecular weight excluding hydrogens is 384 g/mol. The summed E-state index contributed by atoms with van der Waals surface area (Å²) < 4.78 is 0. The van der Waals surface area contributed by atoms with Crippen molar-refractivity contribution in [2.45, 2.75) is 104 Å². The van der Waals surface area contributed by atoms with E-state index in [4.69, 9.17) is 0 Å². The molecular formula is C28H46O3. The van der Waals surface area contributed by atoms with Crippen molar-refractivity contribution in [2.24, 2.45) is 46.3 Å². The first-order chi connectivity index (χ1) is 14.4. The molecule has 0 aromatic heterocycles. The van der Waals surface area contributed by atoms with Gasteiger partial charge in [-0.1, -0.05) is 65.3 Å². The van der Waals surface area contributed by atoms with Crippen molar-refractivity contribution >= 4 is 0 Å². The van der Waals surface area contributed by atoms with E-state index >= 15 is 0 Å². The van der Waals surface area contributed by atoms with Crippen molar-refractivity contribution in [3.05, 3.63) is 23.8 Å². The van der Waals surface area contributed by atoms with Gasteiger partial charge in [0.2, 0.25) is 0 Å². The molecule has 10 atom stereocenters. The van der Waals surface area contributed by atoms with Gasteiger partial charge in [0.05, 0.1) is 6.10 Å². The number of aliphatic hydroxyl groups is 3. The quantitative estimate of drug-likeness (QED) is 0.516. The molecule has 3 fully saturated rings. The summed E-state index contributed by atoms with van der Waals surface area (Å²) in [6.45, 7) is 14.0. The predicted molar refractivity (Wildman–Crippen MR) is 126 cm³/mol. The fourth-order valence-electron chi connectivity index (χ4n) is 8.16. The maximum absolute atomic E-state index is 11.6. The Morgan fingerprint density at radius 1 is 0.935 bits per heavy atom. The van der Waals surface area contributed by atoms with Gasteiger partial charge >= 0.3 is 0 Å². The van der Waals surface area contributed by atoms with Crippen LogP contribution in [0.5, 0.6) is 0 Å². The van der Waals surface area contributed by atoms with Crippen molar-refractivity contribution in [1.29, 1.82) is 0 Å².